The molecular weight excluding hydrogens is 260 g/mol. The first-order valence-corrected chi connectivity index (χ1v) is 6.52. The fourth-order valence-electron chi connectivity index (χ4n) is 0.728. The van der Waals surface area contributed by atoms with Gasteiger partial charge in [0.1, 0.15) is 0 Å². The number of rotatable bonds is 1. The predicted molar refractivity (Wildman–Crippen MR) is 54.2 cm³/mol. The summed E-state index contributed by atoms with van der Waals surface area (Å²) in [5.41, 5.74) is 1.14. The van der Waals surface area contributed by atoms with Crippen LogP contribution in [0.1, 0.15) is 19.4 Å². The number of hydrogen-bond acceptors (Lipinski definition) is 0. The van der Waals surface area contributed by atoms with Gasteiger partial charge in [-0.25, -0.2) is 0 Å². The molecule has 0 aliphatic rings. The van der Waals surface area contributed by atoms with Crippen LogP contribution in [0, 0.1) is 9.89 Å². The Morgan fingerprint density at radius 3 is 2.42 bits per heavy atom. The number of benzene rings is 1. The Balaban J connectivity index is 2.55. The molecule has 0 heterocycles. The molecule has 0 aromatic heterocycles. The molecule has 0 bridgehead atoms. The van der Waals surface area contributed by atoms with E-state index in [4.69, 9.17) is 0 Å². The fourth-order valence-corrected chi connectivity index (χ4v) is 1.90. The molecule has 0 amide bonds. The predicted octanol–water partition coefficient (Wildman–Crippen LogP) is 2.53. The number of hydrogen-bond donors (Lipinski definition) is 0. The van der Waals surface area contributed by atoms with Crippen LogP contribution in [-0.4, -0.2) is 20.9 Å². The molecule has 0 atom stereocenters. The van der Waals surface area contributed by atoms with Gasteiger partial charge < -0.3 is 0 Å². The first-order chi connectivity index (χ1) is 5.79. The van der Waals surface area contributed by atoms with Crippen molar-refractivity contribution in [1.29, 1.82) is 0 Å². The summed E-state index contributed by atoms with van der Waals surface area (Å²) in [6.07, 6.45) is 0. The Kier molecular flexibility index (Phi) is 4.23. The van der Waals surface area contributed by atoms with E-state index in [1.165, 1.54) is 0 Å². The Labute approximate surface area is 84.5 Å². The van der Waals surface area contributed by atoms with E-state index in [0.29, 0.717) is 0 Å². The van der Waals surface area contributed by atoms with Crippen LogP contribution in [0.5, 0.6) is 0 Å². The summed E-state index contributed by atoms with van der Waals surface area (Å²) in [4.78, 5) is 0. The van der Waals surface area contributed by atoms with Gasteiger partial charge in [-0.2, -0.15) is 0 Å². The van der Waals surface area contributed by atoms with Crippen LogP contribution in [0.3, 0.4) is 0 Å². The molecule has 1 aromatic rings. The second-order valence-corrected chi connectivity index (χ2v) is 6.71. The molecular formula is C11H12Te. The third kappa shape index (κ3) is 3.82. The molecule has 0 nitrogen and oxygen atoms in total. The topological polar surface area (TPSA) is 0 Å². The molecule has 1 rings (SSSR count). The van der Waals surface area contributed by atoms with E-state index in [2.05, 4.69) is 35.9 Å². The van der Waals surface area contributed by atoms with Crippen LogP contribution in [0.25, 0.3) is 0 Å². The average Bonchev–Trinajstić information content (AvgIpc) is 2.05. The average molecular weight is 272 g/mol. The third-order valence-electron chi connectivity index (χ3n) is 1.26. The molecule has 0 aliphatic carbocycles. The van der Waals surface area contributed by atoms with Gasteiger partial charge in [-0.05, 0) is 0 Å². The molecule has 0 saturated heterocycles. The van der Waals surface area contributed by atoms with Gasteiger partial charge in [0.25, 0.3) is 0 Å². The first kappa shape index (κ1) is 9.66. The van der Waals surface area contributed by atoms with E-state index < -0.39 is 0 Å². The zero-order valence-electron chi connectivity index (χ0n) is 7.37. The first-order valence-electron chi connectivity index (χ1n) is 4.01. The summed E-state index contributed by atoms with van der Waals surface area (Å²) in [7, 11) is 0. The SMILES string of the molecule is CC(C)[Te]C#Cc1ccccc1. The van der Waals surface area contributed by atoms with Crippen molar-refractivity contribution in [3.05, 3.63) is 35.9 Å². The van der Waals surface area contributed by atoms with E-state index >= 15 is 0 Å². The Bertz CT molecular complexity index is 277. The van der Waals surface area contributed by atoms with Crippen LogP contribution < -0.4 is 0 Å². The van der Waals surface area contributed by atoms with Gasteiger partial charge in [0, 0.05) is 0 Å². The molecule has 0 fully saturated rings. The van der Waals surface area contributed by atoms with Crippen molar-refractivity contribution in [2.75, 3.05) is 0 Å². The van der Waals surface area contributed by atoms with Crippen LogP contribution in [0.15, 0.2) is 30.3 Å². The van der Waals surface area contributed by atoms with Gasteiger partial charge >= 0.3 is 84.5 Å². The quantitative estimate of drug-likeness (QED) is 0.544. The minimum absolute atomic E-state index is 0.0859. The summed E-state index contributed by atoms with van der Waals surface area (Å²) in [5.74, 6) is 3.18. The van der Waals surface area contributed by atoms with E-state index in [0.717, 1.165) is 9.53 Å². The van der Waals surface area contributed by atoms with E-state index in [-0.39, 0.29) is 20.9 Å². The summed E-state index contributed by atoms with van der Waals surface area (Å²) in [5, 5.41) is 0. The van der Waals surface area contributed by atoms with Gasteiger partial charge in [-0.1, -0.05) is 0 Å². The van der Waals surface area contributed by atoms with Gasteiger partial charge in [-0.15, -0.1) is 0 Å². The van der Waals surface area contributed by atoms with Crippen LogP contribution in [0.4, 0.5) is 0 Å². The van der Waals surface area contributed by atoms with Gasteiger partial charge in [-0.3, -0.25) is 0 Å². The van der Waals surface area contributed by atoms with Crippen molar-refractivity contribution in [2.24, 2.45) is 0 Å². The second-order valence-electron chi connectivity index (χ2n) is 2.76. The second kappa shape index (κ2) is 5.26. The van der Waals surface area contributed by atoms with Gasteiger partial charge in [0.15, 0.2) is 0 Å². The maximum atomic E-state index is 3.28. The molecule has 0 unspecified atom stereocenters. The molecule has 62 valence electrons. The summed E-state index contributed by atoms with van der Waals surface area (Å²) in [6, 6.07) is 10.2. The Hall–Kier alpha value is -0.430. The Morgan fingerprint density at radius 1 is 1.17 bits per heavy atom. The molecule has 12 heavy (non-hydrogen) atoms. The molecule has 1 heteroatoms. The van der Waals surface area contributed by atoms with Crippen LogP contribution in [-0.2, 0) is 0 Å². The third-order valence-corrected chi connectivity index (χ3v) is 3.24. The minimum atomic E-state index is -0.0859. The van der Waals surface area contributed by atoms with Crippen LogP contribution in [0.2, 0.25) is 3.97 Å². The van der Waals surface area contributed by atoms with Crippen molar-refractivity contribution < 1.29 is 0 Å². The summed E-state index contributed by atoms with van der Waals surface area (Å²) in [6.45, 7) is 4.48. The molecule has 0 N–H and O–H groups in total. The van der Waals surface area contributed by atoms with Gasteiger partial charge in [0.2, 0.25) is 0 Å². The zero-order chi connectivity index (χ0) is 8.81. The fraction of sp³-hybridized carbons (Fsp3) is 0.273. The monoisotopic (exact) mass is 274 g/mol. The van der Waals surface area contributed by atoms with Crippen molar-refractivity contribution in [1.82, 2.24) is 0 Å². The maximum absolute atomic E-state index is 3.28. The summed E-state index contributed by atoms with van der Waals surface area (Å²) >= 11 is -0.0859. The Morgan fingerprint density at radius 2 is 1.83 bits per heavy atom. The van der Waals surface area contributed by atoms with Crippen LogP contribution >= 0.6 is 0 Å². The zero-order valence-corrected chi connectivity index (χ0v) is 9.70. The van der Waals surface area contributed by atoms with Crippen molar-refractivity contribution >= 4 is 20.9 Å². The van der Waals surface area contributed by atoms with E-state index in [9.17, 15) is 0 Å². The normalized spacial score (nSPS) is 9.25. The molecule has 0 aliphatic heterocycles. The molecule has 0 spiro atoms. The van der Waals surface area contributed by atoms with Gasteiger partial charge in [0.05, 0.1) is 0 Å². The molecule has 0 saturated carbocycles. The van der Waals surface area contributed by atoms with Crippen molar-refractivity contribution in [3.8, 4) is 9.89 Å². The van der Waals surface area contributed by atoms with E-state index in [1.54, 1.807) is 0 Å². The molecule has 0 radical (unpaired) electrons. The molecule has 1 aromatic carbocycles. The van der Waals surface area contributed by atoms with E-state index in [1.807, 2.05) is 18.2 Å². The summed E-state index contributed by atoms with van der Waals surface area (Å²) < 4.78 is 4.08. The standard InChI is InChI=1S/C11H12Te/c1-10(2)12-9-8-11-6-4-3-5-7-11/h3-7,10H,1-2H3. The van der Waals surface area contributed by atoms with Crippen molar-refractivity contribution in [2.45, 2.75) is 17.8 Å². The van der Waals surface area contributed by atoms with Crippen molar-refractivity contribution in [3.63, 3.8) is 0 Å².